The van der Waals surface area contributed by atoms with E-state index in [9.17, 15) is 13.2 Å². The fraction of sp³-hybridized carbons (Fsp3) is 0.381. The third kappa shape index (κ3) is 4.76. The topological polar surface area (TPSA) is 66.5 Å². The maximum atomic E-state index is 12.8. The van der Waals surface area contributed by atoms with Crippen molar-refractivity contribution < 1.29 is 13.2 Å². The van der Waals surface area contributed by atoms with Crippen molar-refractivity contribution >= 4 is 15.9 Å². The summed E-state index contributed by atoms with van der Waals surface area (Å²) in [7, 11) is -3.49. The zero-order valence-electron chi connectivity index (χ0n) is 15.6. The minimum atomic E-state index is -3.49. The highest BCUT2D eigenvalue weighted by Gasteiger charge is 2.31. The van der Waals surface area contributed by atoms with E-state index in [4.69, 9.17) is 0 Å². The van der Waals surface area contributed by atoms with Crippen molar-refractivity contribution in [1.29, 1.82) is 0 Å². The Morgan fingerprint density at radius 3 is 2.22 bits per heavy atom. The third-order valence-corrected chi connectivity index (χ3v) is 7.02. The molecule has 2 aromatic rings. The van der Waals surface area contributed by atoms with E-state index in [1.54, 1.807) is 12.1 Å². The van der Waals surface area contributed by atoms with Gasteiger partial charge in [0, 0.05) is 25.6 Å². The quantitative estimate of drug-likeness (QED) is 0.830. The summed E-state index contributed by atoms with van der Waals surface area (Å²) in [5, 5.41) is 2.96. The number of benzene rings is 2. The predicted octanol–water partition coefficient (Wildman–Crippen LogP) is 2.97. The van der Waals surface area contributed by atoms with E-state index < -0.39 is 10.0 Å². The van der Waals surface area contributed by atoms with Crippen LogP contribution >= 0.6 is 0 Å². The molecular formula is C21H26N2O3S. The van der Waals surface area contributed by atoms with Gasteiger partial charge in [-0.3, -0.25) is 4.79 Å². The summed E-state index contributed by atoms with van der Waals surface area (Å²) < 4.78 is 27.1. The number of rotatable bonds is 6. The normalized spacial score (nSPS) is 16.2. The van der Waals surface area contributed by atoms with Crippen molar-refractivity contribution in [3.8, 4) is 0 Å². The van der Waals surface area contributed by atoms with Crippen LogP contribution in [-0.4, -0.2) is 31.7 Å². The predicted molar refractivity (Wildman–Crippen MR) is 106 cm³/mol. The molecule has 1 aliphatic rings. The van der Waals surface area contributed by atoms with Crippen LogP contribution in [0.3, 0.4) is 0 Å². The van der Waals surface area contributed by atoms with E-state index >= 15 is 0 Å². The van der Waals surface area contributed by atoms with Crippen molar-refractivity contribution in [2.75, 3.05) is 13.1 Å². The highest BCUT2D eigenvalue weighted by atomic mass is 32.2. The number of nitrogens with one attached hydrogen (secondary N) is 1. The molecule has 0 atom stereocenters. The van der Waals surface area contributed by atoms with Gasteiger partial charge in [-0.25, -0.2) is 8.42 Å². The Kier molecular flexibility index (Phi) is 6.29. The molecule has 27 heavy (non-hydrogen) atoms. The van der Waals surface area contributed by atoms with Gasteiger partial charge < -0.3 is 5.32 Å². The minimum absolute atomic E-state index is 0.00296. The van der Waals surface area contributed by atoms with Crippen LogP contribution in [0, 0.1) is 5.92 Å². The molecule has 0 bridgehead atoms. The van der Waals surface area contributed by atoms with Gasteiger partial charge in [-0.05, 0) is 42.5 Å². The Hall–Kier alpha value is -2.18. The van der Waals surface area contributed by atoms with E-state index in [-0.39, 0.29) is 11.8 Å². The van der Waals surface area contributed by atoms with Crippen LogP contribution in [0.25, 0.3) is 0 Å². The summed E-state index contributed by atoms with van der Waals surface area (Å²) in [6, 6.07) is 16.8. The number of carbonyl (C=O) groups excluding carboxylic acids is 1. The standard InChI is InChI=1S/C21H26N2O3S/c1-2-17-8-10-20(11-9-17)27(25,26)23-14-12-19(13-15-23)21(24)22-16-18-6-4-3-5-7-18/h3-11,19H,2,12-16H2,1H3,(H,22,24). The Morgan fingerprint density at radius 1 is 1.00 bits per heavy atom. The van der Waals surface area contributed by atoms with Crippen LogP contribution in [-0.2, 0) is 27.8 Å². The Balaban J connectivity index is 1.55. The smallest absolute Gasteiger partial charge is 0.243 e. The van der Waals surface area contributed by atoms with Crippen molar-refractivity contribution in [1.82, 2.24) is 9.62 Å². The number of nitrogens with zero attached hydrogens (tertiary/aromatic N) is 1. The first-order chi connectivity index (χ1) is 13.0. The molecule has 2 aromatic carbocycles. The first-order valence-electron chi connectivity index (χ1n) is 9.41. The number of piperidine rings is 1. The SMILES string of the molecule is CCc1ccc(S(=O)(=O)N2CCC(C(=O)NCc3ccccc3)CC2)cc1. The van der Waals surface area contributed by atoms with E-state index in [0.29, 0.717) is 37.4 Å². The lowest BCUT2D eigenvalue weighted by molar-refractivity contribution is -0.126. The molecule has 0 radical (unpaired) electrons. The average molecular weight is 387 g/mol. The Morgan fingerprint density at radius 2 is 1.63 bits per heavy atom. The molecule has 1 amide bonds. The van der Waals surface area contributed by atoms with Crippen molar-refractivity contribution in [2.24, 2.45) is 5.92 Å². The van der Waals surface area contributed by atoms with Crippen molar-refractivity contribution in [3.05, 3.63) is 65.7 Å². The molecule has 0 saturated carbocycles. The highest BCUT2D eigenvalue weighted by molar-refractivity contribution is 7.89. The second-order valence-electron chi connectivity index (χ2n) is 6.88. The van der Waals surface area contributed by atoms with Crippen LogP contribution in [0.1, 0.15) is 30.9 Å². The van der Waals surface area contributed by atoms with Crippen LogP contribution in [0.4, 0.5) is 0 Å². The maximum absolute atomic E-state index is 12.8. The van der Waals surface area contributed by atoms with Gasteiger partial charge in [-0.1, -0.05) is 49.4 Å². The summed E-state index contributed by atoms with van der Waals surface area (Å²) in [5.74, 6) is -0.133. The van der Waals surface area contributed by atoms with Gasteiger partial charge in [0.1, 0.15) is 0 Å². The molecule has 6 heteroatoms. The Labute approximate surface area is 161 Å². The lowest BCUT2D eigenvalue weighted by Gasteiger charge is -2.30. The first-order valence-corrected chi connectivity index (χ1v) is 10.9. The summed E-state index contributed by atoms with van der Waals surface area (Å²) >= 11 is 0. The van der Waals surface area contributed by atoms with Gasteiger partial charge in [-0.2, -0.15) is 4.31 Å². The fourth-order valence-corrected chi connectivity index (χ4v) is 4.80. The molecule has 0 aliphatic carbocycles. The van der Waals surface area contributed by atoms with E-state index in [1.807, 2.05) is 49.4 Å². The molecule has 1 aliphatic heterocycles. The van der Waals surface area contributed by atoms with Crippen LogP contribution in [0.5, 0.6) is 0 Å². The number of sulfonamides is 1. The van der Waals surface area contributed by atoms with Crippen LogP contribution < -0.4 is 5.32 Å². The van der Waals surface area contributed by atoms with E-state index in [1.165, 1.54) is 4.31 Å². The van der Waals surface area contributed by atoms with Crippen molar-refractivity contribution in [3.63, 3.8) is 0 Å². The molecule has 144 valence electrons. The zero-order chi connectivity index (χ0) is 19.3. The van der Waals surface area contributed by atoms with Crippen LogP contribution in [0.15, 0.2) is 59.5 Å². The third-order valence-electron chi connectivity index (χ3n) is 5.10. The second-order valence-corrected chi connectivity index (χ2v) is 8.82. The highest BCUT2D eigenvalue weighted by Crippen LogP contribution is 2.24. The second kappa shape index (κ2) is 8.67. The molecule has 1 heterocycles. The molecule has 3 rings (SSSR count). The lowest BCUT2D eigenvalue weighted by Crippen LogP contribution is -2.42. The molecule has 0 unspecified atom stereocenters. The first kappa shape index (κ1) is 19.6. The maximum Gasteiger partial charge on any atom is 0.243 e. The molecule has 1 N–H and O–H groups in total. The number of carbonyl (C=O) groups is 1. The van der Waals surface area contributed by atoms with Crippen molar-refractivity contribution in [2.45, 2.75) is 37.6 Å². The molecule has 5 nitrogen and oxygen atoms in total. The van der Waals surface area contributed by atoms with Gasteiger partial charge in [0.25, 0.3) is 0 Å². The summed E-state index contributed by atoms with van der Waals surface area (Å²) in [6.45, 7) is 3.29. The van der Waals surface area contributed by atoms with E-state index in [0.717, 1.165) is 17.5 Å². The van der Waals surface area contributed by atoms with Gasteiger partial charge >= 0.3 is 0 Å². The van der Waals surface area contributed by atoms with Gasteiger partial charge in [-0.15, -0.1) is 0 Å². The number of aryl methyl sites for hydroxylation is 1. The number of amides is 1. The summed E-state index contributed by atoms with van der Waals surface area (Å²) in [5.41, 5.74) is 2.17. The lowest BCUT2D eigenvalue weighted by atomic mass is 9.97. The van der Waals surface area contributed by atoms with E-state index in [2.05, 4.69) is 5.32 Å². The number of hydrogen-bond acceptors (Lipinski definition) is 3. The Bertz CT molecular complexity index is 856. The van der Waals surface area contributed by atoms with Gasteiger partial charge in [0.05, 0.1) is 4.90 Å². The van der Waals surface area contributed by atoms with Gasteiger partial charge in [0.15, 0.2) is 0 Å². The zero-order valence-corrected chi connectivity index (χ0v) is 16.4. The molecule has 1 saturated heterocycles. The number of hydrogen-bond donors (Lipinski definition) is 1. The average Bonchev–Trinajstić information content (AvgIpc) is 2.73. The monoisotopic (exact) mass is 386 g/mol. The largest absolute Gasteiger partial charge is 0.352 e. The molecule has 0 aromatic heterocycles. The van der Waals surface area contributed by atoms with Gasteiger partial charge in [0.2, 0.25) is 15.9 Å². The fourth-order valence-electron chi connectivity index (χ4n) is 3.33. The molecule has 1 fully saturated rings. The minimum Gasteiger partial charge on any atom is -0.352 e. The molecule has 0 spiro atoms. The summed E-state index contributed by atoms with van der Waals surface area (Å²) in [4.78, 5) is 12.7. The molecular weight excluding hydrogens is 360 g/mol. The summed E-state index contributed by atoms with van der Waals surface area (Å²) in [6.07, 6.45) is 1.98. The van der Waals surface area contributed by atoms with Crippen LogP contribution in [0.2, 0.25) is 0 Å².